The lowest BCUT2D eigenvalue weighted by Gasteiger charge is -2.05. The van der Waals surface area contributed by atoms with Gasteiger partial charge in [-0.3, -0.25) is 9.11 Å². The molecule has 1 heterocycles. The van der Waals surface area contributed by atoms with Crippen LogP contribution in [-0.2, 0) is 20.2 Å². The van der Waals surface area contributed by atoms with Crippen molar-refractivity contribution in [2.75, 3.05) is 17.7 Å². The monoisotopic (exact) mass is 524 g/mol. The van der Waals surface area contributed by atoms with Crippen molar-refractivity contribution in [2.45, 2.75) is 14.9 Å². The molecule has 2 aromatic carbocycles. The summed E-state index contributed by atoms with van der Waals surface area (Å²) in [5, 5.41) is 15.6. The molecule has 178 valence electrons. The van der Waals surface area contributed by atoms with Gasteiger partial charge < -0.3 is 11.5 Å². The van der Waals surface area contributed by atoms with Crippen LogP contribution in [0, 0.1) is 0 Å². The van der Waals surface area contributed by atoms with E-state index in [-0.39, 0.29) is 39.3 Å². The van der Waals surface area contributed by atoms with Crippen LogP contribution >= 0.6 is 11.8 Å². The van der Waals surface area contributed by atoms with Crippen LogP contribution in [0.3, 0.4) is 0 Å². The van der Waals surface area contributed by atoms with E-state index in [1.807, 2.05) is 0 Å². The average Bonchev–Trinajstić information content (AvgIpc) is 2.76. The van der Waals surface area contributed by atoms with Gasteiger partial charge in [-0.1, -0.05) is 11.8 Å². The third-order valence-electron chi connectivity index (χ3n) is 3.99. The maximum absolute atomic E-state index is 11.9. The van der Waals surface area contributed by atoms with Gasteiger partial charge in [0.1, 0.15) is 10.6 Å². The van der Waals surface area contributed by atoms with Crippen molar-refractivity contribution in [3.05, 3.63) is 42.5 Å². The number of nitrogen functional groups attached to an aromatic ring is 2. The number of azo groups is 2. The molecule has 0 aliphatic carbocycles. The Hall–Kier alpha value is -3.51. The summed E-state index contributed by atoms with van der Waals surface area (Å²) < 4.78 is 64.5. The molecule has 0 radical (unpaired) electrons. The average molecular weight is 525 g/mol. The fourth-order valence-corrected chi connectivity index (χ4v) is 3.92. The van der Waals surface area contributed by atoms with E-state index in [4.69, 9.17) is 16.0 Å². The molecule has 0 spiro atoms. The van der Waals surface area contributed by atoms with Gasteiger partial charge in [0.2, 0.25) is 0 Å². The summed E-state index contributed by atoms with van der Waals surface area (Å²) in [6, 6.07) is 8.34. The summed E-state index contributed by atoms with van der Waals surface area (Å²) in [5.41, 5.74) is 11.5. The Kier molecular flexibility index (Phi) is 7.22. The summed E-state index contributed by atoms with van der Waals surface area (Å²) in [6.07, 6.45) is 1.72. The smallest absolute Gasteiger partial charge is 0.296 e. The molecule has 0 fully saturated rings. The van der Waals surface area contributed by atoms with Crippen LogP contribution in [-0.4, -0.2) is 42.2 Å². The van der Waals surface area contributed by atoms with Gasteiger partial charge in [0.15, 0.2) is 22.5 Å². The lowest BCUT2D eigenvalue weighted by atomic mass is 10.3. The molecule has 17 heteroatoms. The fourth-order valence-electron chi connectivity index (χ4n) is 2.42. The van der Waals surface area contributed by atoms with Crippen LogP contribution in [0.2, 0.25) is 0 Å². The first-order valence-electron chi connectivity index (χ1n) is 8.88. The highest BCUT2D eigenvalue weighted by molar-refractivity contribution is 7.98. The number of aromatic nitrogens is 2. The number of anilines is 2. The van der Waals surface area contributed by atoms with E-state index in [0.29, 0.717) is 5.16 Å². The number of nitrogens with zero attached hydrogens (tertiary/aromatic N) is 6. The molecule has 0 atom stereocenters. The van der Waals surface area contributed by atoms with Crippen LogP contribution in [0.4, 0.5) is 34.4 Å². The molecule has 3 aromatic rings. The molecule has 0 amide bonds. The number of nitrogens with two attached hydrogens (primary N) is 2. The van der Waals surface area contributed by atoms with Gasteiger partial charge >= 0.3 is 0 Å². The first kappa shape index (κ1) is 25.1. The summed E-state index contributed by atoms with van der Waals surface area (Å²) in [5.74, 6) is -0.140. The van der Waals surface area contributed by atoms with Crippen LogP contribution in [0.1, 0.15) is 0 Å². The molecule has 0 saturated heterocycles. The Labute approximate surface area is 197 Å². The lowest BCUT2D eigenvalue weighted by Crippen LogP contribution is -2.00. The molecule has 0 aliphatic heterocycles. The van der Waals surface area contributed by atoms with Crippen molar-refractivity contribution >= 4 is 66.4 Å². The van der Waals surface area contributed by atoms with Crippen LogP contribution in [0.5, 0.6) is 0 Å². The maximum Gasteiger partial charge on any atom is 0.296 e. The van der Waals surface area contributed by atoms with E-state index in [9.17, 15) is 21.4 Å². The van der Waals surface area contributed by atoms with Crippen molar-refractivity contribution in [1.29, 1.82) is 0 Å². The summed E-state index contributed by atoms with van der Waals surface area (Å²) in [7, 11) is -9.10. The van der Waals surface area contributed by atoms with E-state index in [2.05, 4.69) is 30.4 Å². The summed E-state index contributed by atoms with van der Waals surface area (Å²) >= 11 is 1.21. The first-order valence-corrected chi connectivity index (χ1v) is 13.0. The predicted octanol–water partition coefficient (Wildman–Crippen LogP) is 3.69. The molecule has 1 aromatic heterocycles. The van der Waals surface area contributed by atoms with E-state index < -0.39 is 25.1 Å². The second-order valence-electron chi connectivity index (χ2n) is 6.33. The van der Waals surface area contributed by atoms with Gasteiger partial charge in [0, 0.05) is 0 Å². The molecule has 3 rings (SSSR count). The van der Waals surface area contributed by atoms with Crippen molar-refractivity contribution in [1.82, 2.24) is 9.97 Å². The predicted molar refractivity (Wildman–Crippen MR) is 124 cm³/mol. The summed E-state index contributed by atoms with van der Waals surface area (Å²) in [4.78, 5) is 7.00. The number of thioether (sulfide) groups is 1. The van der Waals surface area contributed by atoms with Crippen LogP contribution < -0.4 is 11.5 Å². The minimum absolute atomic E-state index is 0.0251. The topological polar surface area (TPSA) is 236 Å². The van der Waals surface area contributed by atoms with E-state index in [1.54, 1.807) is 6.26 Å². The SMILES string of the molecule is CSc1nc(N)c(N=Nc2ccc(N=Nc3ccc(S(=O)(=O)O)cc3)cc2S(=O)(=O)O)c(N)n1. The first-order chi connectivity index (χ1) is 15.9. The highest BCUT2D eigenvalue weighted by atomic mass is 32.2. The minimum Gasteiger partial charge on any atom is -0.382 e. The minimum atomic E-state index is -4.74. The molecule has 0 bridgehead atoms. The zero-order valence-corrected chi connectivity index (χ0v) is 19.6. The van der Waals surface area contributed by atoms with Gasteiger partial charge in [-0.2, -0.15) is 27.1 Å². The molecular formula is C17H16N8O6S3. The van der Waals surface area contributed by atoms with Crippen LogP contribution in [0.25, 0.3) is 0 Å². The second-order valence-corrected chi connectivity index (χ2v) is 9.91. The highest BCUT2D eigenvalue weighted by Crippen LogP contribution is 2.34. The molecule has 34 heavy (non-hydrogen) atoms. The largest absolute Gasteiger partial charge is 0.382 e. The van der Waals surface area contributed by atoms with Gasteiger partial charge in [0.25, 0.3) is 20.2 Å². The third-order valence-corrected chi connectivity index (χ3v) is 6.29. The van der Waals surface area contributed by atoms with Crippen LogP contribution in [0.15, 0.2) is 77.9 Å². The molecule has 0 saturated carbocycles. The zero-order valence-electron chi connectivity index (χ0n) is 17.1. The number of benzene rings is 2. The maximum atomic E-state index is 11.9. The van der Waals surface area contributed by atoms with Gasteiger partial charge in [-0.15, -0.1) is 10.2 Å². The fraction of sp³-hybridized carbons (Fsp3) is 0.0588. The van der Waals surface area contributed by atoms with E-state index in [0.717, 1.165) is 18.2 Å². The van der Waals surface area contributed by atoms with Crippen molar-refractivity contribution in [3.63, 3.8) is 0 Å². The Morgan fingerprint density at radius 1 is 0.794 bits per heavy atom. The molecule has 14 nitrogen and oxygen atoms in total. The third kappa shape index (κ3) is 6.08. The normalized spacial score (nSPS) is 12.6. The number of rotatable bonds is 7. The standard InChI is InChI=1S/C17H16N8O6S3/c1-32-17-20-15(18)14(16(19)21-17)25-24-12-7-4-10(8-13(12)34(29,30)31)23-22-9-2-5-11(6-3-9)33(26,27)28/h2-8H,1H3,(H,26,27,28)(H,29,30,31)(H4,18,19,20,21). The second kappa shape index (κ2) is 9.77. The number of hydrogen-bond donors (Lipinski definition) is 4. The van der Waals surface area contributed by atoms with Gasteiger partial charge in [-0.25, -0.2) is 9.97 Å². The quantitative estimate of drug-likeness (QED) is 0.150. The van der Waals surface area contributed by atoms with E-state index >= 15 is 0 Å². The Morgan fingerprint density at radius 2 is 1.35 bits per heavy atom. The van der Waals surface area contributed by atoms with E-state index in [1.165, 1.54) is 36.0 Å². The Balaban J connectivity index is 1.93. The van der Waals surface area contributed by atoms with Gasteiger partial charge in [0.05, 0.1) is 16.3 Å². The molecular weight excluding hydrogens is 508 g/mol. The number of hydrogen-bond acceptors (Lipinski definition) is 13. The van der Waals surface area contributed by atoms with Crippen molar-refractivity contribution in [3.8, 4) is 0 Å². The summed E-state index contributed by atoms with van der Waals surface area (Å²) in [6.45, 7) is 0. The van der Waals surface area contributed by atoms with Crippen molar-refractivity contribution < 1.29 is 25.9 Å². The Bertz CT molecular complexity index is 1480. The Morgan fingerprint density at radius 3 is 1.88 bits per heavy atom. The molecule has 6 N–H and O–H groups in total. The van der Waals surface area contributed by atoms with Crippen molar-refractivity contribution in [2.24, 2.45) is 20.5 Å². The lowest BCUT2D eigenvalue weighted by molar-refractivity contribution is 0.481. The molecule has 0 unspecified atom stereocenters. The molecule has 0 aliphatic rings. The van der Waals surface area contributed by atoms with Gasteiger partial charge in [-0.05, 0) is 48.7 Å². The zero-order chi connectivity index (χ0) is 25.1. The highest BCUT2D eigenvalue weighted by Gasteiger charge is 2.17.